The van der Waals surface area contributed by atoms with Crippen molar-refractivity contribution in [2.75, 3.05) is 75.7 Å². The molecule has 4 aromatic rings. The molecule has 2 fully saturated rings. The van der Waals surface area contributed by atoms with Gasteiger partial charge in [-0.2, -0.15) is 0 Å². The first-order chi connectivity index (χ1) is 22.2. The van der Waals surface area contributed by atoms with Crippen LogP contribution in [0.2, 0.25) is 0 Å². The Morgan fingerprint density at radius 2 is 1.11 bits per heavy atom. The molecular weight excluding hydrogens is 572 g/mol. The maximum absolute atomic E-state index is 5.49. The summed E-state index contributed by atoms with van der Waals surface area (Å²) in [7, 11) is 0. The molecule has 0 saturated carbocycles. The zero-order chi connectivity index (χ0) is 30.4. The van der Waals surface area contributed by atoms with Crippen LogP contribution in [0.15, 0.2) is 73.3 Å². The zero-order valence-electron chi connectivity index (χ0n) is 25.5. The van der Waals surface area contributed by atoms with Crippen molar-refractivity contribution >= 4 is 11.9 Å². The first-order valence-corrected chi connectivity index (χ1v) is 15.5. The molecule has 2 aromatic heterocycles. The van der Waals surface area contributed by atoms with Crippen molar-refractivity contribution in [1.29, 1.82) is 0 Å². The third-order valence-corrected chi connectivity index (χ3v) is 8.63. The third-order valence-electron chi connectivity index (χ3n) is 8.63. The summed E-state index contributed by atoms with van der Waals surface area (Å²) in [5.74, 6) is 5.04. The predicted molar refractivity (Wildman–Crippen MR) is 169 cm³/mol. The molecule has 2 aromatic carbocycles. The summed E-state index contributed by atoms with van der Waals surface area (Å²) in [4.78, 5) is 26.7. The molecule has 4 aliphatic heterocycles. The van der Waals surface area contributed by atoms with Crippen LogP contribution in [0.3, 0.4) is 0 Å². The summed E-state index contributed by atoms with van der Waals surface area (Å²) in [6.45, 7) is 11.6. The predicted octanol–water partition coefficient (Wildman–Crippen LogP) is 3.62. The Kier molecular flexibility index (Phi) is 8.74. The van der Waals surface area contributed by atoms with E-state index in [0.717, 1.165) is 93.8 Å². The Hall–Kier alpha value is -4.68. The second-order valence-corrected chi connectivity index (χ2v) is 11.4. The number of aromatic nitrogens is 4. The standard InChI is InChI=1S/C17H20N4O2.C16H18N4O2/c1-13(14-3-4-15-16(11-14)23-12-22-15)20-7-9-21(10-8-20)17-18-5-2-6-19-17;1-4-17-16(18-5-1)20-8-6-19(7-9-20)11-13-2-3-14-15(10-13)22-12-21-14/h2-6,11,13H,7-10,12H2,1H3;1-5,10H,6-9,11-12H2. The molecule has 4 aliphatic rings. The van der Waals surface area contributed by atoms with Gasteiger partial charge in [-0.25, -0.2) is 19.9 Å². The maximum atomic E-state index is 5.49. The average molecular weight is 611 g/mol. The van der Waals surface area contributed by atoms with Gasteiger partial charge in [-0.05, 0) is 54.4 Å². The molecule has 45 heavy (non-hydrogen) atoms. The second kappa shape index (κ2) is 13.5. The Morgan fingerprint density at radius 1 is 0.600 bits per heavy atom. The third kappa shape index (κ3) is 6.86. The molecule has 1 atom stereocenters. The minimum Gasteiger partial charge on any atom is -0.454 e. The van der Waals surface area contributed by atoms with E-state index in [2.05, 4.69) is 70.7 Å². The van der Waals surface area contributed by atoms with E-state index >= 15 is 0 Å². The highest BCUT2D eigenvalue weighted by Crippen LogP contribution is 2.36. The number of ether oxygens (including phenoxy) is 4. The molecule has 12 nitrogen and oxygen atoms in total. The molecule has 0 bridgehead atoms. The highest BCUT2D eigenvalue weighted by Gasteiger charge is 2.25. The normalized spacial score (nSPS) is 18.3. The number of nitrogens with zero attached hydrogens (tertiary/aromatic N) is 8. The van der Waals surface area contributed by atoms with E-state index in [0.29, 0.717) is 19.6 Å². The molecule has 1 unspecified atom stereocenters. The fraction of sp³-hybridized carbons (Fsp3) is 0.394. The summed E-state index contributed by atoms with van der Waals surface area (Å²) < 4.78 is 21.7. The van der Waals surface area contributed by atoms with Crippen molar-refractivity contribution in [1.82, 2.24) is 29.7 Å². The minimum atomic E-state index is 0.322. The molecule has 234 valence electrons. The Labute approximate surface area is 263 Å². The summed E-state index contributed by atoms with van der Waals surface area (Å²) >= 11 is 0. The lowest BCUT2D eigenvalue weighted by atomic mass is 10.1. The average Bonchev–Trinajstić information content (AvgIpc) is 3.79. The molecule has 2 saturated heterocycles. The van der Waals surface area contributed by atoms with E-state index in [9.17, 15) is 0 Å². The van der Waals surface area contributed by atoms with Gasteiger partial charge < -0.3 is 28.7 Å². The lowest BCUT2D eigenvalue weighted by molar-refractivity contribution is 0.173. The molecule has 0 aliphatic carbocycles. The highest BCUT2D eigenvalue weighted by atomic mass is 16.7. The molecule has 6 heterocycles. The monoisotopic (exact) mass is 610 g/mol. The number of benzene rings is 2. The number of piperazine rings is 2. The Morgan fingerprint density at radius 3 is 1.71 bits per heavy atom. The molecule has 0 spiro atoms. The van der Waals surface area contributed by atoms with Crippen molar-refractivity contribution in [3.05, 3.63) is 84.4 Å². The van der Waals surface area contributed by atoms with Gasteiger partial charge in [-0.15, -0.1) is 0 Å². The first kappa shape index (κ1) is 29.1. The fourth-order valence-corrected chi connectivity index (χ4v) is 6.01. The van der Waals surface area contributed by atoms with E-state index in [1.165, 1.54) is 11.1 Å². The van der Waals surface area contributed by atoms with E-state index in [4.69, 9.17) is 18.9 Å². The molecule has 8 rings (SSSR count). The molecule has 0 N–H and O–H groups in total. The lowest BCUT2D eigenvalue weighted by Crippen LogP contribution is -2.47. The van der Waals surface area contributed by atoms with Gasteiger partial charge in [0.25, 0.3) is 0 Å². The van der Waals surface area contributed by atoms with Crippen LogP contribution in [0.4, 0.5) is 11.9 Å². The van der Waals surface area contributed by atoms with E-state index < -0.39 is 0 Å². The summed E-state index contributed by atoms with van der Waals surface area (Å²) in [5, 5.41) is 0. The maximum Gasteiger partial charge on any atom is 0.231 e. The van der Waals surface area contributed by atoms with Crippen LogP contribution in [0.5, 0.6) is 23.0 Å². The van der Waals surface area contributed by atoms with E-state index in [-0.39, 0.29) is 0 Å². The lowest BCUT2D eigenvalue weighted by Gasteiger charge is -2.38. The molecule has 0 radical (unpaired) electrons. The van der Waals surface area contributed by atoms with Gasteiger partial charge in [0, 0.05) is 89.7 Å². The van der Waals surface area contributed by atoms with Crippen LogP contribution < -0.4 is 28.7 Å². The van der Waals surface area contributed by atoms with Crippen molar-refractivity contribution in [3.63, 3.8) is 0 Å². The summed E-state index contributed by atoms with van der Waals surface area (Å²) in [5.41, 5.74) is 2.52. The van der Waals surface area contributed by atoms with E-state index in [1.54, 1.807) is 24.8 Å². The van der Waals surface area contributed by atoms with Crippen LogP contribution in [0.1, 0.15) is 24.1 Å². The van der Waals surface area contributed by atoms with Crippen molar-refractivity contribution in [2.24, 2.45) is 0 Å². The number of hydrogen-bond donors (Lipinski definition) is 0. The topological polar surface area (TPSA) is 101 Å². The SMILES string of the molecule is CC(c1ccc2c(c1)OCO2)N1CCN(c2ncccn2)CC1.c1cnc(N2CCN(Cc3ccc4c(c3)OCO4)CC2)nc1. The zero-order valence-corrected chi connectivity index (χ0v) is 25.5. The first-order valence-electron chi connectivity index (χ1n) is 15.5. The van der Waals surface area contributed by atoms with Crippen LogP contribution in [-0.2, 0) is 6.54 Å². The fourth-order valence-electron chi connectivity index (χ4n) is 6.01. The molecular formula is C33H38N8O4. The summed E-state index contributed by atoms with van der Waals surface area (Å²) in [6.07, 6.45) is 7.18. The van der Waals surface area contributed by atoms with Crippen LogP contribution in [0.25, 0.3) is 0 Å². The van der Waals surface area contributed by atoms with Crippen molar-refractivity contribution in [2.45, 2.75) is 19.5 Å². The van der Waals surface area contributed by atoms with Gasteiger partial charge >= 0.3 is 0 Å². The van der Waals surface area contributed by atoms with Crippen molar-refractivity contribution < 1.29 is 18.9 Å². The van der Waals surface area contributed by atoms with E-state index in [1.807, 2.05) is 24.3 Å². The van der Waals surface area contributed by atoms with Gasteiger partial charge in [-0.1, -0.05) is 12.1 Å². The smallest absolute Gasteiger partial charge is 0.231 e. The number of anilines is 2. The highest BCUT2D eigenvalue weighted by molar-refractivity contribution is 5.46. The largest absolute Gasteiger partial charge is 0.454 e. The van der Waals surface area contributed by atoms with Gasteiger partial charge in [-0.3, -0.25) is 9.80 Å². The molecule has 0 amide bonds. The van der Waals surface area contributed by atoms with Crippen LogP contribution in [0, 0.1) is 0 Å². The second-order valence-electron chi connectivity index (χ2n) is 11.4. The van der Waals surface area contributed by atoms with Crippen LogP contribution in [-0.4, -0.2) is 95.7 Å². The van der Waals surface area contributed by atoms with Gasteiger partial charge in [0.15, 0.2) is 23.0 Å². The number of rotatable bonds is 6. The summed E-state index contributed by atoms with van der Waals surface area (Å²) in [6, 6.07) is 16.5. The quantitative estimate of drug-likeness (QED) is 0.319. The van der Waals surface area contributed by atoms with Crippen LogP contribution >= 0.6 is 0 Å². The van der Waals surface area contributed by atoms with Gasteiger partial charge in [0.1, 0.15) is 0 Å². The van der Waals surface area contributed by atoms with Gasteiger partial charge in [0.05, 0.1) is 0 Å². The minimum absolute atomic E-state index is 0.322. The van der Waals surface area contributed by atoms with Gasteiger partial charge in [0.2, 0.25) is 25.5 Å². The number of hydrogen-bond acceptors (Lipinski definition) is 12. The molecule has 12 heteroatoms. The Balaban J connectivity index is 0.000000145. The Bertz CT molecular complexity index is 1550. The number of fused-ring (bicyclic) bond motifs is 2. The van der Waals surface area contributed by atoms with Crippen molar-refractivity contribution in [3.8, 4) is 23.0 Å².